The molecule has 0 saturated carbocycles. The molecule has 0 aliphatic carbocycles. The van der Waals surface area contributed by atoms with E-state index in [0.717, 1.165) is 24.1 Å². The van der Waals surface area contributed by atoms with Gasteiger partial charge in [0.2, 0.25) is 0 Å². The highest BCUT2D eigenvalue weighted by atomic mass is 16.6. The second-order valence-electron chi connectivity index (χ2n) is 6.67. The lowest BCUT2D eigenvalue weighted by Gasteiger charge is -2.24. The van der Waals surface area contributed by atoms with Crippen molar-refractivity contribution in [3.63, 3.8) is 0 Å². The molecule has 130 valence electrons. The Morgan fingerprint density at radius 2 is 2.12 bits per heavy atom. The minimum Gasteiger partial charge on any atom is -0.382 e. The normalized spacial score (nSPS) is 23.3. The molecule has 0 unspecified atom stereocenters. The summed E-state index contributed by atoms with van der Waals surface area (Å²) in [5, 5.41) is 4.33. The minimum atomic E-state index is -0.395. The highest BCUT2D eigenvalue weighted by molar-refractivity contribution is 5.65. The first-order chi connectivity index (χ1) is 12.2. The van der Waals surface area contributed by atoms with Crippen LogP contribution in [0.5, 0.6) is 0 Å². The third-order valence-electron chi connectivity index (χ3n) is 4.81. The van der Waals surface area contributed by atoms with Gasteiger partial charge in [0.15, 0.2) is 5.82 Å². The van der Waals surface area contributed by atoms with Gasteiger partial charge in [-0.05, 0) is 37.5 Å². The lowest BCUT2D eigenvalue weighted by molar-refractivity contribution is -0.0712. The first kappa shape index (κ1) is 16.1. The van der Waals surface area contributed by atoms with Gasteiger partial charge in [0.25, 0.3) is 0 Å². The Balaban J connectivity index is 1.43. The molecule has 4 rings (SSSR count). The van der Waals surface area contributed by atoms with Gasteiger partial charge in [-0.15, -0.1) is 0 Å². The molecule has 1 aromatic carbocycles. The third kappa shape index (κ3) is 3.10. The smallest absolute Gasteiger partial charge is 0.151 e. The number of aromatic nitrogens is 3. The van der Waals surface area contributed by atoms with Gasteiger partial charge < -0.3 is 15.2 Å². The number of benzene rings is 1. The predicted molar refractivity (Wildman–Crippen MR) is 95.0 cm³/mol. The summed E-state index contributed by atoms with van der Waals surface area (Å²) in [6.07, 6.45) is 3.44. The SMILES string of the molecule is C[C@]1(c2ccc3c(N)ncnn23)CC[C@@H](COCc2ccccc2)O1. The van der Waals surface area contributed by atoms with Crippen molar-refractivity contribution in [1.29, 1.82) is 0 Å². The average molecular weight is 338 g/mol. The molecular weight excluding hydrogens is 316 g/mol. The monoisotopic (exact) mass is 338 g/mol. The van der Waals surface area contributed by atoms with Gasteiger partial charge in [0.1, 0.15) is 17.4 Å². The summed E-state index contributed by atoms with van der Waals surface area (Å²) >= 11 is 0. The molecule has 2 atom stereocenters. The molecule has 6 nitrogen and oxygen atoms in total. The van der Waals surface area contributed by atoms with Crippen LogP contribution in [0, 0.1) is 0 Å². The number of nitrogens with two attached hydrogens (primary N) is 1. The Morgan fingerprint density at radius 1 is 1.28 bits per heavy atom. The van der Waals surface area contributed by atoms with E-state index in [1.165, 1.54) is 11.9 Å². The van der Waals surface area contributed by atoms with Crippen LogP contribution in [-0.2, 0) is 21.7 Å². The maximum absolute atomic E-state index is 6.33. The summed E-state index contributed by atoms with van der Waals surface area (Å²) in [5.74, 6) is 0.477. The number of ether oxygens (including phenoxy) is 2. The first-order valence-corrected chi connectivity index (χ1v) is 8.54. The van der Waals surface area contributed by atoms with E-state index in [0.29, 0.717) is 19.0 Å². The molecule has 1 aliphatic rings. The van der Waals surface area contributed by atoms with Crippen LogP contribution in [0.15, 0.2) is 48.8 Å². The van der Waals surface area contributed by atoms with Crippen LogP contribution in [0.25, 0.3) is 5.52 Å². The molecule has 0 spiro atoms. The van der Waals surface area contributed by atoms with Gasteiger partial charge >= 0.3 is 0 Å². The Labute approximate surface area is 146 Å². The second kappa shape index (κ2) is 6.46. The number of hydrogen-bond acceptors (Lipinski definition) is 5. The molecule has 0 bridgehead atoms. The summed E-state index contributed by atoms with van der Waals surface area (Å²) in [6.45, 7) is 3.30. The molecule has 0 radical (unpaired) electrons. The van der Waals surface area contributed by atoms with Gasteiger partial charge in [0, 0.05) is 0 Å². The van der Waals surface area contributed by atoms with E-state index in [2.05, 4.69) is 29.1 Å². The number of hydrogen-bond donors (Lipinski definition) is 1. The predicted octanol–water partition coefficient (Wildman–Crippen LogP) is 2.92. The highest BCUT2D eigenvalue weighted by Gasteiger charge is 2.39. The van der Waals surface area contributed by atoms with E-state index in [-0.39, 0.29) is 6.10 Å². The van der Waals surface area contributed by atoms with Crippen molar-refractivity contribution in [3.8, 4) is 0 Å². The first-order valence-electron chi connectivity index (χ1n) is 8.54. The van der Waals surface area contributed by atoms with Crippen molar-refractivity contribution in [1.82, 2.24) is 14.6 Å². The molecule has 25 heavy (non-hydrogen) atoms. The molecule has 6 heteroatoms. The largest absolute Gasteiger partial charge is 0.382 e. The molecule has 3 aromatic rings. The molecule has 1 aliphatic heterocycles. The number of fused-ring (bicyclic) bond motifs is 1. The van der Waals surface area contributed by atoms with Gasteiger partial charge in [-0.3, -0.25) is 0 Å². The summed E-state index contributed by atoms with van der Waals surface area (Å²) in [4.78, 5) is 4.04. The van der Waals surface area contributed by atoms with Crippen LogP contribution >= 0.6 is 0 Å². The molecular formula is C19H22N4O2. The Morgan fingerprint density at radius 3 is 2.96 bits per heavy atom. The van der Waals surface area contributed by atoms with Crippen molar-refractivity contribution in [3.05, 3.63) is 60.0 Å². The minimum absolute atomic E-state index is 0.0819. The fourth-order valence-electron chi connectivity index (χ4n) is 3.46. The van der Waals surface area contributed by atoms with Gasteiger partial charge in [-0.2, -0.15) is 5.10 Å². The van der Waals surface area contributed by atoms with Crippen molar-refractivity contribution in [2.75, 3.05) is 12.3 Å². The maximum atomic E-state index is 6.33. The van der Waals surface area contributed by atoms with Crippen molar-refractivity contribution < 1.29 is 9.47 Å². The quantitative estimate of drug-likeness (QED) is 0.774. The van der Waals surface area contributed by atoms with Crippen LogP contribution < -0.4 is 5.73 Å². The van der Waals surface area contributed by atoms with E-state index in [4.69, 9.17) is 15.2 Å². The Bertz CT molecular complexity index is 864. The van der Waals surface area contributed by atoms with E-state index in [1.54, 1.807) is 0 Å². The van der Waals surface area contributed by atoms with Gasteiger partial charge in [-0.1, -0.05) is 30.3 Å². The average Bonchev–Trinajstić information content (AvgIpc) is 3.22. The summed E-state index contributed by atoms with van der Waals surface area (Å²) < 4.78 is 14.0. The van der Waals surface area contributed by atoms with Gasteiger partial charge in [0.05, 0.1) is 25.0 Å². The van der Waals surface area contributed by atoms with E-state index >= 15 is 0 Å². The molecule has 1 fully saturated rings. The third-order valence-corrected chi connectivity index (χ3v) is 4.81. The number of nitrogen functional groups attached to an aromatic ring is 1. The maximum Gasteiger partial charge on any atom is 0.151 e. The zero-order valence-corrected chi connectivity index (χ0v) is 14.3. The zero-order chi connectivity index (χ0) is 17.3. The van der Waals surface area contributed by atoms with Crippen LogP contribution in [0.4, 0.5) is 5.82 Å². The topological polar surface area (TPSA) is 74.7 Å². The molecule has 0 amide bonds. The lowest BCUT2D eigenvalue weighted by Crippen LogP contribution is -2.26. The fraction of sp³-hybridized carbons (Fsp3) is 0.368. The summed E-state index contributed by atoms with van der Waals surface area (Å²) in [5.41, 5.74) is 8.52. The van der Waals surface area contributed by atoms with Crippen LogP contribution in [-0.4, -0.2) is 27.3 Å². The van der Waals surface area contributed by atoms with Crippen molar-refractivity contribution in [2.24, 2.45) is 0 Å². The Hall–Kier alpha value is -2.44. The summed E-state index contributed by atoms with van der Waals surface area (Å²) in [6, 6.07) is 14.1. The van der Waals surface area contributed by atoms with Crippen molar-refractivity contribution in [2.45, 2.75) is 38.1 Å². The fourth-order valence-corrected chi connectivity index (χ4v) is 3.46. The van der Waals surface area contributed by atoms with Crippen molar-refractivity contribution >= 4 is 11.3 Å². The van der Waals surface area contributed by atoms with E-state index in [1.807, 2.05) is 34.8 Å². The molecule has 3 heterocycles. The van der Waals surface area contributed by atoms with E-state index < -0.39 is 5.60 Å². The van der Waals surface area contributed by atoms with Crippen LogP contribution in [0.2, 0.25) is 0 Å². The molecule has 1 saturated heterocycles. The lowest BCUT2D eigenvalue weighted by atomic mass is 9.98. The number of nitrogens with zero attached hydrogens (tertiary/aromatic N) is 3. The highest BCUT2D eigenvalue weighted by Crippen LogP contribution is 2.39. The standard InChI is InChI=1S/C19H22N4O2/c1-19(17-8-7-16-18(20)21-13-22-23(16)17)10-9-15(25-19)12-24-11-14-5-3-2-4-6-14/h2-8,13,15H,9-12H2,1H3,(H2,20,21,22)/t15-,19+/m0/s1. The van der Waals surface area contributed by atoms with Crippen LogP contribution in [0.3, 0.4) is 0 Å². The number of rotatable bonds is 5. The molecule has 2 aromatic heterocycles. The Kier molecular flexibility index (Phi) is 4.15. The van der Waals surface area contributed by atoms with Crippen LogP contribution in [0.1, 0.15) is 31.0 Å². The molecule has 2 N–H and O–H groups in total. The summed E-state index contributed by atoms with van der Waals surface area (Å²) in [7, 11) is 0. The zero-order valence-electron chi connectivity index (χ0n) is 14.3. The van der Waals surface area contributed by atoms with E-state index in [9.17, 15) is 0 Å². The number of anilines is 1. The second-order valence-corrected chi connectivity index (χ2v) is 6.67. The van der Waals surface area contributed by atoms with Gasteiger partial charge in [-0.25, -0.2) is 9.50 Å².